The lowest BCUT2D eigenvalue weighted by Gasteiger charge is -2.26. The maximum absolute atomic E-state index is 13.7. The number of esters is 7. The van der Waals surface area contributed by atoms with Crippen LogP contribution in [0.2, 0.25) is 0 Å². The number of thioether (sulfide) groups is 2. The molecule has 0 amide bonds. The number of ether oxygens (including phenoxy) is 9. The van der Waals surface area contributed by atoms with E-state index >= 15 is 0 Å². The van der Waals surface area contributed by atoms with Crippen LogP contribution in [0.15, 0.2) is 106 Å². The Morgan fingerprint density at radius 3 is 1.16 bits per heavy atom. The fourth-order valence-corrected chi connectivity index (χ4v) is 11.1. The van der Waals surface area contributed by atoms with Crippen molar-refractivity contribution in [3.8, 4) is 40.6 Å². The van der Waals surface area contributed by atoms with Crippen molar-refractivity contribution in [3.63, 3.8) is 0 Å². The second-order valence-electron chi connectivity index (χ2n) is 18.2. The zero-order chi connectivity index (χ0) is 54.2. The molecular formula is C57H63NO16S2. The SMILES string of the molecule is C=CC(=O)OCCCCCCOc1ccc(OC(=O)[C@H]2CC[C@H](C(=O)Oc3ccc(OC(=O)[C@H]4CC[C@H](C(=O)Oc5ccc(OCCCCCCOC(=O)C=C)cc5)CC4)c4c3SC(=C(C#N)C(=O)OC)S4)CC2)cc1. The van der Waals surface area contributed by atoms with Crippen molar-refractivity contribution in [2.45, 2.75) is 113 Å². The van der Waals surface area contributed by atoms with Gasteiger partial charge in [-0.1, -0.05) is 36.7 Å². The van der Waals surface area contributed by atoms with Gasteiger partial charge in [0.25, 0.3) is 0 Å². The van der Waals surface area contributed by atoms with Gasteiger partial charge in [0.2, 0.25) is 0 Å². The van der Waals surface area contributed by atoms with Gasteiger partial charge in [-0.15, -0.1) is 0 Å². The Balaban J connectivity index is 0.949. The molecule has 1 heterocycles. The topological polar surface area (TPSA) is 226 Å². The van der Waals surface area contributed by atoms with E-state index in [-0.39, 0.29) is 21.3 Å². The van der Waals surface area contributed by atoms with E-state index in [9.17, 15) is 38.8 Å². The maximum Gasteiger partial charge on any atom is 0.350 e. The van der Waals surface area contributed by atoms with E-state index in [2.05, 4.69) is 13.2 Å². The normalized spacial score (nSPS) is 17.6. The Labute approximate surface area is 450 Å². The van der Waals surface area contributed by atoms with Gasteiger partial charge in [0.1, 0.15) is 40.6 Å². The maximum atomic E-state index is 13.7. The zero-order valence-electron chi connectivity index (χ0n) is 42.6. The van der Waals surface area contributed by atoms with Gasteiger partial charge < -0.3 is 42.6 Å². The van der Waals surface area contributed by atoms with Crippen LogP contribution in [-0.4, -0.2) is 75.3 Å². The highest BCUT2D eigenvalue weighted by Gasteiger charge is 2.37. The first-order valence-corrected chi connectivity index (χ1v) is 27.2. The van der Waals surface area contributed by atoms with Crippen molar-refractivity contribution >= 4 is 65.3 Å². The van der Waals surface area contributed by atoms with Crippen molar-refractivity contribution < 1.29 is 76.2 Å². The Morgan fingerprint density at radius 1 is 0.500 bits per heavy atom. The predicted octanol–water partition coefficient (Wildman–Crippen LogP) is 10.8. The lowest BCUT2D eigenvalue weighted by molar-refractivity contribution is -0.145. The van der Waals surface area contributed by atoms with Gasteiger partial charge in [0.15, 0.2) is 5.57 Å². The van der Waals surface area contributed by atoms with E-state index in [1.807, 2.05) is 6.07 Å². The molecule has 19 heteroatoms. The molecule has 0 spiro atoms. The van der Waals surface area contributed by atoms with Crippen LogP contribution in [-0.2, 0) is 47.8 Å². The first kappa shape index (κ1) is 58.2. The number of benzene rings is 3. The van der Waals surface area contributed by atoms with Gasteiger partial charge in [0.05, 0.1) is 71.2 Å². The molecule has 17 nitrogen and oxygen atoms in total. The number of methoxy groups -OCH3 is 1. The Bertz CT molecular complexity index is 2450. The van der Waals surface area contributed by atoms with Gasteiger partial charge >= 0.3 is 41.8 Å². The van der Waals surface area contributed by atoms with Gasteiger partial charge in [0, 0.05) is 12.2 Å². The van der Waals surface area contributed by atoms with Crippen LogP contribution in [0.1, 0.15) is 103 Å². The molecule has 3 aromatic carbocycles. The minimum absolute atomic E-state index is 0.155. The van der Waals surface area contributed by atoms with E-state index < -0.39 is 65.5 Å². The summed E-state index contributed by atoms with van der Waals surface area (Å²) >= 11 is 2.06. The predicted molar refractivity (Wildman–Crippen MR) is 279 cm³/mol. The number of nitrogens with zero attached hydrogens (tertiary/aromatic N) is 1. The zero-order valence-corrected chi connectivity index (χ0v) is 44.2. The van der Waals surface area contributed by atoms with Gasteiger partial charge in [-0.05, 0) is 163 Å². The molecule has 2 aliphatic carbocycles. The first-order valence-electron chi connectivity index (χ1n) is 25.6. The third-order valence-corrected chi connectivity index (χ3v) is 15.5. The molecule has 0 atom stereocenters. The van der Waals surface area contributed by atoms with Crippen molar-refractivity contribution in [2.24, 2.45) is 23.7 Å². The molecule has 3 aliphatic rings. The molecule has 76 heavy (non-hydrogen) atoms. The summed E-state index contributed by atoms with van der Waals surface area (Å²) < 4.78 is 50.0. The molecule has 6 rings (SSSR count). The minimum atomic E-state index is -0.854. The monoisotopic (exact) mass is 1080 g/mol. The molecule has 0 unspecified atom stereocenters. The van der Waals surface area contributed by atoms with Crippen LogP contribution in [0.4, 0.5) is 0 Å². The van der Waals surface area contributed by atoms with E-state index in [0.717, 1.165) is 94.2 Å². The molecule has 2 fully saturated rings. The van der Waals surface area contributed by atoms with Gasteiger partial charge in [-0.2, -0.15) is 5.26 Å². The van der Waals surface area contributed by atoms with E-state index in [1.165, 1.54) is 12.1 Å². The number of hydrogen-bond donors (Lipinski definition) is 0. The summed E-state index contributed by atoms with van der Waals surface area (Å²) in [5.41, 5.74) is -0.261. The standard InChI is InChI=1S/C57H63NO16S2/c1-4-48(59)69-34-12-8-6-10-32-67-41-22-26-43(27-23-41)71-52(61)37-14-18-39(19-15-37)54(63)73-46-30-31-47(51-50(46)75-57(76-51)45(36-58)56(65)66-3)74-55(64)40-20-16-38(17-21-40)53(62)72-44-28-24-42(25-29-44)68-33-11-7-9-13-35-70-49(60)5-2/h4-5,22-31,37-40H,1-2,6-21,32-35H2,3H3/t37-,38-,39-,40-. The molecular weight excluding hydrogens is 1020 g/mol. The van der Waals surface area contributed by atoms with Gasteiger partial charge in [-0.3, -0.25) is 19.2 Å². The summed E-state index contributed by atoms with van der Waals surface area (Å²) in [7, 11) is 1.16. The van der Waals surface area contributed by atoms with Crippen LogP contribution in [0.5, 0.6) is 34.5 Å². The number of hydrogen-bond acceptors (Lipinski definition) is 19. The highest BCUT2D eigenvalue weighted by Crippen LogP contribution is 2.59. The van der Waals surface area contributed by atoms with Crippen molar-refractivity contribution in [1.29, 1.82) is 5.26 Å². The van der Waals surface area contributed by atoms with E-state index in [4.69, 9.17) is 42.6 Å². The molecule has 0 aromatic heterocycles. The summed E-state index contributed by atoms with van der Waals surface area (Å²) in [6, 6.07) is 18.5. The molecule has 3 aromatic rings. The molecule has 404 valence electrons. The summed E-state index contributed by atoms with van der Waals surface area (Å²) in [5, 5.41) is 9.90. The summed E-state index contributed by atoms with van der Waals surface area (Å²) in [6.45, 7) is 8.50. The Morgan fingerprint density at radius 2 is 0.829 bits per heavy atom. The number of rotatable bonds is 27. The third kappa shape index (κ3) is 17.8. The Hall–Kier alpha value is -7.04. The Kier molecular flexibility index (Phi) is 23.4. The minimum Gasteiger partial charge on any atom is -0.494 e. The average Bonchev–Trinajstić information content (AvgIpc) is 3.90. The smallest absolute Gasteiger partial charge is 0.350 e. The van der Waals surface area contributed by atoms with Crippen LogP contribution in [0.3, 0.4) is 0 Å². The quantitative estimate of drug-likeness (QED) is 0.0173. The molecule has 0 N–H and O–H groups in total. The van der Waals surface area contributed by atoms with E-state index in [0.29, 0.717) is 111 Å². The van der Waals surface area contributed by atoms with Crippen LogP contribution in [0, 0.1) is 35.0 Å². The fourth-order valence-electron chi connectivity index (χ4n) is 8.54. The average molecular weight is 1080 g/mol. The van der Waals surface area contributed by atoms with Crippen LogP contribution < -0.4 is 28.4 Å². The fraction of sp³-hybridized carbons (Fsp3) is 0.439. The molecule has 0 saturated heterocycles. The highest BCUT2D eigenvalue weighted by molar-refractivity contribution is 8.24. The lowest BCUT2D eigenvalue weighted by Crippen LogP contribution is -2.30. The third-order valence-electron chi connectivity index (χ3n) is 12.9. The summed E-state index contributed by atoms with van der Waals surface area (Å²) in [6.07, 6.45) is 12.3. The van der Waals surface area contributed by atoms with Crippen molar-refractivity contribution in [3.05, 3.63) is 95.8 Å². The molecule has 0 bridgehead atoms. The number of unbranched alkanes of at least 4 members (excludes halogenated alkanes) is 6. The largest absolute Gasteiger partial charge is 0.494 e. The number of carbonyl (C=O) groups excluding carboxylic acids is 7. The molecule has 2 saturated carbocycles. The number of nitriles is 1. The van der Waals surface area contributed by atoms with E-state index in [1.54, 1.807) is 48.5 Å². The van der Waals surface area contributed by atoms with Crippen molar-refractivity contribution in [1.82, 2.24) is 0 Å². The second-order valence-corrected chi connectivity index (χ2v) is 20.5. The molecule has 1 aliphatic heterocycles. The second kappa shape index (κ2) is 30.5. The van der Waals surface area contributed by atoms with Crippen molar-refractivity contribution in [2.75, 3.05) is 33.5 Å². The summed E-state index contributed by atoms with van der Waals surface area (Å²) in [5.74, 6) is -3.02. The van der Waals surface area contributed by atoms with Crippen LogP contribution >= 0.6 is 23.5 Å². The van der Waals surface area contributed by atoms with Crippen LogP contribution in [0.25, 0.3) is 0 Å². The molecule has 0 radical (unpaired) electrons. The number of carbonyl (C=O) groups is 7. The number of fused-ring (bicyclic) bond motifs is 1. The highest BCUT2D eigenvalue weighted by atomic mass is 32.2. The first-order chi connectivity index (χ1) is 36.9. The lowest BCUT2D eigenvalue weighted by atomic mass is 9.82. The van der Waals surface area contributed by atoms with Gasteiger partial charge in [-0.25, -0.2) is 14.4 Å². The summed E-state index contributed by atoms with van der Waals surface area (Å²) in [4.78, 5) is 89.2.